The van der Waals surface area contributed by atoms with E-state index >= 15 is 0 Å². The molecule has 1 N–H and O–H groups in total. The van der Waals surface area contributed by atoms with Gasteiger partial charge in [0, 0.05) is 0 Å². The van der Waals surface area contributed by atoms with Gasteiger partial charge in [-0.2, -0.15) is 0 Å². The highest BCUT2D eigenvalue weighted by atomic mass is 16.7. The van der Waals surface area contributed by atoms with E-state index < -0.39 is 11.2 Å². The van der Waals surface area contributed by atoms with Gasteiger partial charge in [0.25, 0.3) is 0 Å². The van der Waals surface area contributed by atoms with Crippen molar-refractivity contribution in [3.63, 3.8) is 0 Å². The number of aliphatic hydroxyl groups excluding tert-OH is 1. The normalized spacial score (nSPS) is 49.5. The molecule has 3 nitrogen and oxygen atoms in total. The van der Waals surface area contributed by atoms with Crippen molar-refractivity contribution in [3.05, 3.63) is 0 Å². The lowest BCUT2D eigenvalue weighted by Gasteiger charge is -2.50. The van der Waals surface area contributed by atoms with Crippen LogP contribution in [-0.2, 0) is 9.47 Å². The molecule has 0 aliphatic carbocycles. The van der Waals surface area contributed by atoms with Crippen LogP contribution in [0.25, 0.3) is 0 Å². The quantitative estimate of drug-likeness (QED) is 0.725. The zero-order valence-electron chi connectivity index (χ0n) is 11.5. The number of hydrogen-bond donors (Lipinski definition) is 1. The Morgan fingerprint density at radius 2 is 1.87 bits per heavy atom. The lowest BCUT2D eigenvalue weighted by atomic mass is 9.66. The minimum atomic E-state index is -0.550. The molecular formula is C12H22O3. The largest absolute Gasteiger partial charge is 0.387 e. The average molecular weight is 216 g/mol. The summed E-state index contributed by atoms with van der Waals surface area (Å²) < 4.78 is 19.5. The summed E-state index contributed by atoms with van der Waals surface area (Å²) >= 11 is 0. The molecule has 2 heterocycles. The van der Waals surface area contributed by atoms with Crippen molar-refractivity contribution in [1.29, 1.82) is 1.43 Å². The van der Waals surface area contributed by atoms with Crippen LogP contribution in [0.1, 0.15) is 41.5 Å². The first-order valence-electron chi connectivity index (χ1n) is 6.06. The number of ether oxygens (including phenoxy) is 2. The highest BCUT2D eigenvalue weighted by molar-refractivity contribution is 5.20. The van der Waals surface area contributed by atoms with Crippen molar-refractivity contribution < 1.29 is 14.6 Å². The van der Waals surface area contributed by atoms with E-state index in [1.165, 1.54) is 0 Å². The van der Waals surface area contributed by atoms with E-state index in [0.29, 0.717) is 0 Å². The first-order chi connectivity index (χ1) is 7.17. The fourth-order valence-corrected chi connectivity index (χ4v) is 3.48. The van der Waals surface area contributed by atoms with Crippen LogP contribution < -0.4 is 0 Å². The molecule has 3 heteroatoms. The van der Waals surface area contributed by atoms with E-state index in [1.807, 2.05) is 20.8 Å². The molecule has 2 rings (SSSR count). The van der Waals surface area contributed by atoms with Crippen LogP contribution in [0.4, 0.5) is 0 Å². The van der Waals surface area contributed by atoms with E-state index in [2.05, 4.69) is 20.8 Å². The summed E-state index contributed by atoms with van der Waals surface area (Å²) in [6, 6.07) is 0. The van der Waals surface area contributed by atoms with Gasteiger partial charge in [0.05, 0.1) is 11.7 Å². The molecule has 0 spiro atoms. The van der Waals surface area contributed by atoms with Gasteiger partial charge in [-0.05, 0) is 26.2 Å². The third-order valence-electron chi connectivity index (χ3n) is 3.97. The molecule has 2 aliphatic rings. The lowest BCUT2D eigenvalue weighted by molar-refractivity contribution is -0.257. The molecule has 2 bridgehead atoms. The molecule has 2 fully saturated rings. The Hall–Kier alpha value is -0.120. The molecule has 2 saturated heterocycles. The second kappa shape index (κ2) is 2.76. The van der Waals surface area contributed by atoms with E-state index in [4.69, 9.17) is 16.0 Å². The molecule has 0 aromatic carbocycles. The third-order valence-corrected chi connectivity index (χ3v) is 3.97. The molecule has 4 atom stereocenters. The maximum absolute atomic E-state index is 7.31. The summed E-state index contributed by atoms with van der Waals surface area (Å²) in [4.78, 5) is 0. The van der Waals surface area contributed by atoms with Crippen molar-refractivity contribution in [2.24, 2.45) is 5.41 Å². The van der Waals surface area contributed by atoms with E-state index in [9.17, 15) is 0 Å². The van der Waals surface area contributed by atoms with Crippen molar-refractivity contribution in [2.45, 2.75) is 71.1 Å². The predicted octanol–water partition coefficient (Wildman–Crippen LogP) is 1.73. The molecule has 2 aliphatic heterocycles. The summed E-state index contributed by atoms with van der Waals surface area (Å²) in [5.41, 5.74) is -1.11. The van der Waals surface area contributed by atoms with Gasteiger partial charge < -0.3 is 14.6 Å². The van der Waals surface area contributed by atoms with Gasteiger partial charge in [-0.15, -0.1) is 0 Å². The summed E-state index contributed by atoms with van der Waals surface area (Å²) in [6.45, 7) is 12.4. The molecule has 0 aromatic heterocycles. The monoisotopic (exact) mass is 216 g/mol. The van der Waals surface area contributed by atoms with Gasteiger partial charge in [0.2, 0.25) is 1.43 Å². The van der Waals surface area contributed by atoms with E-state index in [0.717, 1.165) is 0 Å². The lowest BCUT2D eigenvalue weighted by Crippen LogP contribution is -2.62. The molecule has 0 amide bonds. The summed E-state index contributed by atoms with van der Waals surface area (Å²) in [5, 5.41) is 4.93. The summed E-state index contributed by atoms with van der Waals surface area (Å²) in [6.07, 6.45) is -0.452. The number of rotatable bonds is 1. The molecule has 15 heavy (non-hydrogen) atoms. The van der Waals surface area contributed by atoms with E-state index in [-0.39, 0.29) is 23.7 Å². The fourth-order valence-electron chi connectivity index (χ4n) is 3.48. The van der Waals surface area contributed by atoms with Crippen LogP contribution >= 0.6 is 0 Å². The Kier molecular flexibility index (Phi) is 1.85. The van der Waals surface area contributed by atoms with Crippen LogP contribution in [0.3, 0.4) is 0 Å². The zero-order valence-corrected chi connectivity index (χ0v) is 10.5. The maximum Gasteiger partial charge on any atom is 0.211 e. The van der Waals surface area contributed by atoms with E-state index in [1.54, 1.807) is 0 Å². The van der Waals surface area contributed by atoms with Crippen molar-refractivity contribution >= 4 is 0 Å². The predicted molar refractivity (Wildman–Crippen MR) is 57.7 cm³/mol. The number of aliphatic hydroxyl groups is 1. The molecule has 0 unspecified atom stereocenters. The van der Waals surface area contributed by atoms with Crippen LogP contribution in [0, 0.1) is 5.41 Å². The second-order valence-electron chi connectivity index (χ2n) is 6.32. The molecule has 0 radical (unpaired) electrons. The van der Waals surface area contributed by atoms with Crippen LogP contribution in [0.2, 0.25) is 0 Å². The minimum absolute atomic E-state index is 0.0115. The topological polar surface area (TPSA) is 38.7 Å². The van der Waals surface area contributed by atoms with Crippen molar-refractivity contribution in [2.75, 3.05) is 0 Å². The molecule has 0 saturated carbocycles. The Labute approximate surface area is 93.3 Å². The Bertz CT molecular complexity index is 297. The van der Waals surface area contributed by atoms with Crippen LogP contribution in [0.5, 0.6) is 0 Å². The highest BCUT2D eigenvalue weighted by Gasteiger charge is 2.73. The average Bonchev–Trinajstić information content (AvgIpc) is 2.50. The third kappa shape index (κ3) is 1.12. The zero-order chi connectivity index (χ0) is 12.4. The SMILES string of the molecule is [3H]O[C@H]1[C@H]2OC(C)(C)[C@]1(C(C)(C)C)O[C@H]2C. The first kappa shape index (κ1) is 10.1. The van der Waals surface area contributed by atoms with Gasteiger partial charge in [-0.1, -0.05) is 20.8 Å². The van der Waals surface area contributed by atoms with Crippen molar-refractivity contribution in [3.8, 4) is 0 Å². The van der Waals surface area contributed by atoms with Gasteiger partial charge in [-0.3, -0.25) is 0 Å². The van der Waals surface area contributed by atoms with Crippen LogP contribution in [0.15, 0.2) is 0 Å². The summed E-state index contributed by atoms with van der Waals surface area (Å²) in [7, 11) is 0. The Morgan fingerprint density at radius 1 is 1.27 bits per heavy atom. The van der Waals surface area contributed by atoms with Crippen molar-refractivity contribution in [1.82, 2.24) is 0 Å². The molecule has 88 valence electrons. The Balaban J connectivity index is 2.52. The van der Waals surface area contributed by atoms with Crippen LogP contribution in [-0.4, -0.2) is 36.1 Å². The molecular weight excluding hydrogens is 192 g/mol. The van der Waals surface area contributed by atoms with Gasteiger partial charge in [-0.25, -0.2) is 0 Å². The second-order valence-corrected chi connectivity index (χ2v) is 6.32. The highest BCUT2D eigenvalue weighted by Crippen LogP contribution is 2.58. The standard InChI is InChI=1S/C12H22O3/c1-7-8-9(13)12(14-7,10(2,3)4)11(5,6)15-8/h7-9,13H,1-6H3/t7-,8-,9-,12-/m0/s1/i13T. The van der Waals surface area contributed by atoms with Gasteiger partial charge in [0.15, 0.2) is 0 Å². The number of fused-ring (bicyclic) bond motifs is 2. The Morgan fingerprint density at radius 3 is 2.27 bits per heavy atom. The minimum Gasteiger partial charge on any atom is -0.387 e. The van der Waals surface area contributed by atoms with Gasteiger partial charge >= 0.3 is 0 Å². The first-order valence-corrected chi connectivity index (χ1v) is 5.65. The summed E-state index contributed by atoms with van der Waals surface area (Å²) in [5.74, 6) is 0. The van der Waals surface area contributed by atoms with Gasteiger partial charge in [0.1, 0.15) is 17.8 Å². The number of hydrogen-bond acceptors (Lipinski definition) is 3. The smallest absolute Gasteiger partial charge is 0.211 e. The fraction of sp³-hybridized carbons (Fsp3) is 1.00. The molecule has 0 aromatic rings. The maximum atomic E-state index is 7.31.